The van der Waals surface area contributed by atoms with Crippen LogP contribution >= 0.6 is 0 Å². The Morgan fingerprint density at radius 1 is 0.830 bits per heavy atom. The number of carbonyl (C=O) groups is 2. The van der Waals surface area contributed by atoms with Crippen molar-refractivity contribution < 1.29 is 24.2 Å². The largest absolute Gasteiger partial charge is 0.468 e. The number of carbonyl (C=O) groups excluding carboxylic acids is 2. The molecular weight excluding hydrogens is 592 g/mol. The van der Waals surface area contributed by atoms with Crippen molar-refractivity contribution in [3.63, 3.8) is 0 Å². The van der Waals surface area contributed by atoms with Crippen molar-refractivity contribution in [3.05, 3.63) is 162 Å². The second-order valence-electron chi connectivity index (χ2n) is 11.2. The average Bonchev–Trinajstić information content (AvgIpc) is 3.60. The lowest BCUT2D eigenvalue weighted by molar-refractivity contribution is -0.143. The average molecular weight is 633 g/mol. The fourth-order valence-corrected chi connectivity index (χ4v) is 5.80. The van der Waals surface area contributed by atoms with E-state index in [9.17, 15) is 14.7 Å². The summed E-state index contributed by atoms with van der Waals surface area (Å²) in [5.41, 5.74) is 4.03. The van der Waals surface area contributed by atoms with Crippen molar-refractivity contribution in [2.24, 2.45) is 0 Å². The summed E-state index contributed by atoms with van der Waals surface area (Å²) >= 11 is 0. The highest BCUT2D eigenvalue weighted by atomic mass is 16.5. The first-order chi connectivity index (χ1) is 23.0. The molecule has 3 N–H and O–H groups in total. The molecule has 47 heavy (non-hydrogen) atoms. The van der Waals surface area contributed by atoms with Crippen LogP contribution in [0.1, 0.15) is 34.4 Å². The number of aliphatic hydroxyl groups is 1. The number of hydrogen-bond donors (Lipinski definition) is 3. The molecule has 0 saturated carbocycles. The van der Waals surface area contributed by atoms with Crippen molar-refractivity contribution >= 4 is 12.1 Å². The number of methoxy groups -OCH3 is 1. The van der Waals surface area contributed by atoms with Crippen LogP contribution in [0.5, 0.6) is 0 Å². The molecule has 1 heterocycles. The van der Waals surface area contributed by atoms with Crippen molar-refractivity contribution in [1.29, 1.82) is 0 Å². The predicted molar refractivity (Wildman–Crippen MR) is 180 cm³/mol. The second-order valence-corrected chi connectivity index (χ2v) is 11.2. The van der Waals surface area contributed by atoms with Gasteiger partial charge in [-0.2, -0.15) is 0 Å². The summed E-state index contributed by atoms with van der Waals surface area (Å²) in [4.78, 5) is 29.9. The monoisotopic (exact) mass is 632 g/mol. The number of ether oxygens (including phenoxy) is 2. The molecule has 242 valence electrons. The minimum Gasteiger partial charge on any atom is -0.468 e. The molecule has 0 aliphatic heterocycles. The molecule has 1 aromatic heterocycles. The van der Waals surface area contributed by atoms with E-state index in [0.29, 0.717) is 18.7 Å². The van der Waals surface area contributed by atoms with Crippen LogP contribution in [0.15, 0.2) is 134 Å². The van der Waals surface area contributed by atoms with Crippen LogP contribution in [0.2, 0.25) is 0 Å². The van der Waals surface area contributed by atoms with Gasteiger partial charge in [0.25, 0.3) is 0 Å². The van der Waals surface area contributed by atoms with Gasteiger partial charge >= 0.3 is 12.1 Å². The van der Waals surface area contributed by atoms with Gasteiger partial charge in [-0.25, -0.2) is 9.78 Å². The first kappa shape index (κ1) is 33.1. The van der Waals surface area contributed by atoms with E-state index in [1.807, 2.05) is 97.5 Å². The van der Waals surface area contributed by atoms with Gasteiger partial charge < -0.3 is 29.8 Å². The summed E-state index contributed by atoms with van der Waals surface area (Å²) in [6.45, 7) is 0.169. The molecule has 4 aromatic carbocycles. The Kier molecular flexibility index (Phi) is 11.5. The number of nitrogens with one attached hydrogen (secondary N) is 2. The summed E-state index contributed by atoms with van der Waals surface area (Å²) in [5.74, 6) is -0.434. The van der Waals surface area contributed by atoms with Gasteiger partial charge in [-0.1, -0.05) is 121 Å². The zero-order valence-electron chi connectivity index (χ0n) is 26.4. The summed E-state index contributed by atoms with van der Waals surface area (Å²) in [7, 11) is 1.35. The van der Waals surface area contributed by atoms with Gasteiger partial charge in [-0.15, -0.1) is 0 Å². The van der Waals surface area contributed by atoms with Gasteiger partial charge in [0, 0.05) is 12.6 Å². The van der Waals surface area contributed by atoms with E-state index in [4.69, 9.17) is 14.5 Å². The predicted octanol–water partition coefficient (Wildman–Crippen LogP) is 5.07. The van der Waals surface area contributed by atoms with E-state index in [1.54, 1.807) is 0 Å². The van der Waals surface area contributed by atoms with Crippen LogP contribution < -0.4 is 10.6 Å². The van der Waals surface area contributed by atoms with Crippen LogP contribution in [0.3, 0.4) is 0 Å². The molecule has 2 unspecified atom stereocenters. The third kappa shape index (κ3) is 8.13. The van der Waals surface area contributed by atoms with Crippen LogP contribution in [0, 0.1) is 0 Å². The summed E-state index contributed by atoms with van der Waals surface area (Å²) < 4.78 is 12.5. The van der Waals surface area contributed by atoms with Crippen LogP contribution in [-0.2, 0) is 32.8 Å². The zero-order chi connectivity index (χ0) is 32.9. The summed E-state index contributed by atoms with van der Waals surface area (Å²) in [6, 6.07) is 38.9. The van der Waals surface area contributed by atoms with Gasteiger partial charge in [0.05, 0.1) is 31.8 Å². The third-order valence-electron chi connectivity index (χ3n) is 8.14. The normalized spacial score (nSPS) is 12.6. The second kappa shape index (κ2) is 16.4. The maximum absolute atomic E-state index is 12.9. The first-order valence-corrected chi connectivity index (χ1v) is 15.6. The summed E-state index contributed by atoms with van der Waals surface area (Å²) in [6.07, 6.45) is 3.79. The van der Waals surface area contributed by atoms with Crippen molar-refractivity contribution in [2.75, 3.05) is 20.3 Å². The van der Waals surface area contributed by atoms with Gasteiger partial charge in [-0.3, -0.25) is 4.79 Å². The Hall–Kier alpha value is -5.25. The minimum absolute atomic E-state index is 0.125. The number of nitrogens with zero attached hydrogens (tertiary/aromatic N) is 2. The number of aliphatic hydroxyl groups excluding tert-OH is 1. The van der Waals surface area contributed by atoms with Crippen molar-refractivity contribution in [3.8, 4) is 0 Å². The Bertz CT molecular complexity index is 1580. The van der Waals surface area contributed by atoms with E-state index in [-0.39, 0.29) is 19.6 Å². The molecule has 9 heteroatoms. The molecule has 0 bridgehead atoms. The molecule has 5 rings (SSSR count). The lowest BCUT2D eigenvalue weighted by Gasteiger charge is -2.37. The Balaban J connectivity index is 1.32. The third-order valence-corrected chi connectivity index (χ3v) is 8.14. The Morgan fingerprint density at radius 3 is 1.87 bits per heavy atom. The lowest BCUT2D eigenvalue weighted by atomic mass is 9.77. The lowest BCUT2D eigenvalue weighted by Crippen LogP contribution is -2.44. The van der Waals surface area contributed by atoms with Gasteiger partial charge in [0.1, 0.15) is 18.2 Å². The number of imidazole rings is 1. The van der Waals surface area contributed by atoms with E-state index >= 15 is 0 Å². The number of benzene rings is 4. The topological polar surface area (TPSA) is 115 Å². The fourth-order valence-electron chi connectivity index (χ4n) is 5.80. The first-order valence-electron chi connectivity index (χ1n) is 15.6. The van der Waals surface area contributed by atoms with Gasteiger partial charge in [0.15, 0.2) is 0 Å². The molecule has 1 amide bonds. The van der Waals surface area contributed by atoms with E-state index in [1.165, 1.54) is 7.11 Å². The van der Waals surface area contributed by atoms with Crippen molar-refractivity contribution in [1.82, 2.24) is 20.2 Å². The summed E-state index contributed by atoms with van der Waals surface area (Å²) in [5, 5.41) is 15.8. The minimum atomic E-state index is -0.724. The van der Waals surface area contributed by atoms with E-state index in [0.717, 1.165) is 22.3 Å². The quantitative estimate of drug-likeness (QED) is 0.109. The highest BCUT2D eigenvalue weighted by Crippen LogP contribution is 2.40. The van der Waals surface area contributed by atoms with Gasteiger partial charge in [-0.05, 0) is 35.2 Å². The van der Waals surface area contributed by atoms with E-state index in [2.05, 4.69) is 51.6 Å². The molecule has 0 spiro atoms. The number of hydrogen-bond acceptors (Lipinski definition) is 7. The zero-order valence-corrected chi connectivity index (χ0v) is 26.4. The van der Waals surface area contributed by atoms with Crippen molar-refractivity contribution in [2.45, 2.75) is 37.1 Å². The number of amides is 1. The highest BCUT2D eigenvalue weighted by Gasteiger charge is 2.38. The molecule has 0 fully saturated rings. The maximum atomic E-state index is 12.9. The number of aromatic nitrogens is 2. The number of esters is 1. The number of rotatable bonds is 15. The van der Waals surface area contributed by atoms with Gasteiger partial charge in [0.2, 0.25) is 0 Å². The molecule has 9 nitrogen and oxygen atoms in total. The highest BCUT2D eigenvalue weighted by molar-refractivity contribution is 5.76. The molecule has 0 aliphatic carbocycles. The van der Waals surface area contributed by atoms with Crippen LogP contribution in [0.4, 0.5) is 4.79 Å². The standard InChI is InChI=1S/C38H40N4O5/c1-46-36(44)35(39-23-22-33(26-43)41-37(45)47-27-29-14-6-2-7-15-29)24-34-25-42(28-40-34)38(30-16-8-3-9-17-30,31-18-10-4-11-19-31)32-20-12-5-13-21-32/h2-21,25,28,33,35,39,43H,22-24,26-27H2,1H3,(H,41,45). The van der Waals surface area contributed by atoms with E-state index < -0.39 is 29.7 Å². The van der Waals surface area contributed by atoms with Crippen LogP contribution in [0.25, 0.3) is 0 Å². The SMILES string of the molecule is COC(=O)C(Cc1cn(C(c2ccccc2)(c2ccccc2)c2ccccc2)cn1)NCCC(CO)NC(=O)OCc1ccccc1. The fraction of sp³-hybridized carbons (Fsp3) is 0.237. The molecule has 0 aliphatic rings. The molecule has 2 atom stereocenters. The van der Waals surface area contributed by atoms with Crippen LogP contribution in [-0.4, -0.2) is 59.1 Å². The Morgan fingerprint density at radius 2 is 1.36 bits per heavy atom. The smallest absolute Gasteiger partial charge is 0.407 e. The molecule has 0 radical (unpaired) electrons. The number of alkyl carbamates (subject to hydrolysis) is 1. The molecule has 5 aromatic rings. The maximum Gasteiger partial charge on any atom is 0.407 e. The Labute approximate surface area is 275 Å². The molecule has 0 saturated heterocycles. The molecular formula is C38H40N4O5.